The maximum atomic E-state index is 13.0. The summed E-state index contributed by atoms with van der Waals surface area (Å²) in [6, 6.07) is 18.7. The van der Waals surface area contributed by atoms with Crippen molar-refractivity contribution in [3.8, 4) is 0 Å². The second-order valence-electron chi connectivity index (χ2n) is 5.93. The first-order valence-corrected chi connectivity index (χ1v) is 8.36. The van der Waals surface area contributed by atoms with Crippen molar-refractivity contribution in [2.45, 2.75) is 6.54 Å². The number of rotatable bonds is 4. The third-order valence-electron chi connectivity index (χ3n) is 4.17. The number of hydrogen-bond acceptors (Lipinski definition) is 3. The molecule has 132 valence electrons. The lowest BCUT2D eigenvalue weighted by Crippen LogP contribution is -2.57. The Kier molecular flexibility index (Phi) is 5.29. The van der Waals surface area contributed by atoms with Gasteiger partial charge in [-0.15, -0.1) is 0 Å². The average molecular weight is 348 g/mol. The average Bonchev–Trinajstić information content (AvgIpc) is 2.68. The molecule has 1 N–H and O–H groups in total. The summed E-state index contributed by atoms with van der Waals surface area (Å²) >= 11 is 0. The summed E-state index contributed by atoms with van der Waals surface area (Å²) < 4.78 is 2.70. The standard InChI is InChI=1S/C21H20N2O3/c1-22-18(14-16-8-4-2-5-9-16)21(26)23(12-13-24)19(20(22)25)15-17-10-6-3-7-11-17/h2-11,14-15,24H,12-13H2,1H3. The van der Waals surface area contributed by atoms with Crippen LogP contribution in [0.15, 0.2) is 70.3 Å². The Morgan fingerprint density at radius 2 is 1.31 bits per heavy atom. The van der Waals surface area contributed by atoms with Gasteiger partial charge in [0.1, 0.15) is 10.7 Å². The van der Waals surface area contributed by atoms with Crippen molar-refractivity contribution in [3.05, 3.63) is 103 Å². The van der Waals surface area contributed by atoms with Crippen molar-refractivity contribution in [3.63, 3.8) is 0 Å². The van der Waals surface area contributed by atoms with Crippen molar-refractivity contribution in [1.29, 1.82) is 0 Å². The Morgan fingerprint density at radius 1 is 0.808 bits per heavy atom. The van der Waals surface area contributed by atoms with Crippen LogP contribution >= 0.6 is 0 Å². The highest BCUT2D eigenvalue weighted by molar-refractivity contribution is 5.49. The molecule has 0 radical (unpaired) electrons. The van der Waals surface area contributed by atoms with Crippen LogP contribution in [-0.2, 0) is 13.6 Å². The summed E-state index contributed by atoms with van der Waals surface area (Å²) in [4.78, 5) is 25.9. The minimum atomic E-state index is -0.313. The second kappa shape index (κ2) is 7.80. The number of benzene rings is 2. The Balaban J connectivity index is 2.36. The molecular formula is C21H20N2O3. The van der Waals surface area contributed by atoms with E-state index < -0.39 is 0 Å². The van der Waals surface area contributed by atoms with Gasteiger partial charge in [-0.05, 0) is 23.3 Å². The first kappa shape index (κ1) is 17.6. The van der Waals surface area contributed by atoms with Crippen molar-refractivity contribution < 1.29 is 5.11 Å². The Hall–Kier alpha value is -3.18. The monoisotopic (exact) mass is 348 g/mol. The van der Waals surface area contributed by atoms with E-state index in [-0.39, 0.29) is 35.0 Å². The van der Waals surface area contributed by atoms with Gasteiger partial charge in [0, 0.05) is 13.6 Å². The van der Waals surface area contributed by atoms with Gasteiger partial charge < -0.3 is 9.67 Å². The van der Waals surface area contributed by atoms with Crippen LogP contribution in [0.5, 0.6) is 0 Å². The van der Waals surface area contributed by atoms with Crippen LogP contribution in [0.1, 0.15) is 11.1 Å². The predicted octanol–water partition coefficient (Wildman–Crippen LogP) is 0.197. The molecule has 0 saturated heterocycles. The van der Waals surface area contributed by atoms with Crippen LogP contribution in [0.2, 0.25) is 0 Å². The molecule has 0 aliphatic heterocycles. The van der Waals surface area contributed by atoms with E-state index in [1.807, 2.05) is 60.7 Å². The topological polar surface area (TPSA) is 64.2 Å². The van der Waals surface area contributed by atoms with E-state index in [4.69, 9.17) is 0 Å². The highest BCUT2D eigenvalue weighted by Crippen LogP contribution is 1.98. The van der Waals surface area contributed by atoms with Gasteiger partial charge in [-0.1, -0.05) is 60.7 Å². The van der Waals surface area contributed by atoms with Crippen LogP contribution in [0, 0.1) is 0 Å². The molecular weight excluding hydrogens is 328 g/mol. The zero-order valence-corrected chi connectivity index (χ0v) is 14.5. The van der Waals surface area contributed by atoms with E-state index in [9.17, 15) is 14.7 Å². The van der Waals surface area contributed by atoms with E-state index in [1.54, 1.807) is 19.2 Å². The van der Waals surface area contributed by atoms with E-state index in [1.165, 1.54) is 9.13 Å². The third-order valence-corrected chi connectivity index (χ3v) is 4.17. The van der Waals surface area contributed by atoms with E-state index in [0.29, 0.717) is 0 Å². The molecule has 0 fully saturated rings. The smallest absolute Gasteiger partial charge is 0.275 e. The fourth-order valence-electron chi connectivity index (χ4n) is 2.82. The number of aliphatic hydroxyl groups excluding tert-OH is 1. The quantitative estimate of drug-likeness (QED) is 0.732. The van der Waals surface area contributed by atoms with Gasteiger partial charge in [-0.25, -0.2) is 0 Å². The minimum absolute atomic E-state index is 0.0587. The molecule has 3 aromatic rings. The SMILES string of the molecule is Cn1c(=O)c(=Cc2ccccc2)n(CCO)c(=O)c1=Cc1ccccc1. The van der Waals surface area contributed by atoms with Crippen molar-refractivity contribution >= 4 is 12.2 Å². The van der Waals surface area contributed by atoms with Gasteiger partial charge in [-0.3, -0.25) is 14.2 Å². The summed E-state index contributed by atoms with van der Waals surface area (Å²) in [5.74, 6) is 0. The Morgan fingerprint density at radius 3 is 1.81 bits per heavy atom. The van der Waals surface area contributed by atoms with Crippen LogP contribution in [0.25, 0.3) is 12.2 Å². The van der Waals surface area contributed by atoms with Crippen LogP contribution in [-0.4, -0.2) is 20.8 Å². The van der Waals surface area contributed by atoms with Crippen molar-refractivity contribution in [1.82, 2.24) is 9.13 Å². The van der Waals surface area contributed by atoms with E-state index in [2.05, 4.69) is 0 Å². The summed E-state index contributed by atoms with van der Waals surface area (Å²) in [6.07, 6.45) is 3.36. The van der Waals surface area contributed by atoms with Crippen molar-refractivity contribution in [2.75, 3.05) is 6.61 Å². The molecule has 1 aromatic heterocycles. The summed E-state index contributed by atoms with van der Waals surface area (Å²) in [5, 5.41) is 9.91. The van der Waals surface area contributed by atoms with Crippen LogP contribution in [0.4, 0.5) is 0 Å². The molecule has 5 heteroatoms. The zero-order chi connectivity index (χ0) is 18.5. The first-order chi connectivity index (χ1) is 12.6. The molecule has 0 aliphatic rings. The molecule has 0 amide bonds. The molecule has 0 unspecified atom stereocenters. The summed E-state index contributed by atoms with van der Waals surface area (Å²) in [7, 11) is 1.59. The molecule has 0 saturated carbocycles. The maximum absolute atomic E-state index is 13.0. The fraction of sp³-hybridized carbons (Fsp3) is 0.143. The molecule has 0 bridgehead atoms. The van der Waals surface area contributed by atoms with Gasteiger partial charge in [0.05, 0.1) is 6.61 Å². The van der Waals surface area contributed by atoms with Gasteiger partial charge >= 0.3 is 0 Å². The lowest BCUT2D eigenvalue weighted by Gasteiger charge is -2.08. The number of hydrogen-bond donors (Lipinski definition) is 1. The second-order valence-corrected chi connectivity index (χ2v) is 5.93. The Labute approximate surface area is 150 Å². The first-order valence-electron chi connectivity index (χ1n) is 8.36. The number of aliphatic hydroxyl groups is 1. The van der Waals surface area contributed by atoms with Crippen molar-refractivity contribution in [2.24, 2.45) is 7.05 Å². The summed E-state index contributed by atoms with van der Waals surface area (Å²) in [5.41, 5.74) is 1.04. The molecule has 2 aromatic carbocycles. The zero-order valence-electron chi connectivity index (χ0n) is 14.5. The summed E-state index contributed by atoms with van der Waals surface area (Å²) in [6.45, 7) is -0.170. The minimum Gasteiger partial charge on any atom is -0.395 e. The van der Waals surface area contributed by atoms with Gasteiger partial charge in [0.2, 0.25) is 0 Å². The maximum Gasteiger partial charge on any atom is 0.275 e. The van der Waals surface area contributed by atoms with E-state index >= 15 is 0 Å². The van der Waals surface area contributed by atoms with Crippen LogP contribution < -0.4 is 21.8 Å². The van der Waals surface area contributed by atoms with Gasteiger partial charge in [-0.2, -0.15) is 0 Å². The number of nitrogens with zero attached hydrogens (tertiary/aromatic N) is 2. The van der Waals surface area contributed by atoms with E-state index in [0.717, 1.165) is 11.1 Å². The Bertz CT molecular complexity index is 1130. The van der Waals surface area contributed by atoms with Gasteiger partial charge in [0.15, 0.2) is 0 Å². The lowest BCUT2D eigenvalue weighted by atomic mass is 10.2. The molecule has 0 aliphatic carbocycles. The lowest BCUT2D eigenvalue weighted by molar-refractivity contribution is 0.271. The molecule has 3 rings (SSSR count). The molecule has 5 nitrogen and oxygen atoms in total. The molecule has 1 heterocycles. The fourth-order valence-corrected chi connectivity index (χ4v) is 2.82. The molecule has 0 spiro atoms. The molecule has 0 atom stereocenters. The predicted molar refractivity (Wildman–Crippen MR) is 102 cm³/mol. The highest BCUT2D eigenvalue weighted by atomic mass is 16.3. The normalized spacial score (nSPS) is 12.5. The van der Waals surface area contributed by atoms with Gasteiger partial charge in [0.25, 0.3) is 11.1 Å². The number of aromatic nitrogens is 2. The highest BCUT2D eigenvalue weighted by Gasteiger charge is 2.08. The third kappa shape index (κ3) is 3.58. The molecule has 26 heavy (non-hydrogen) atoms. The largest absolute Gasteiger partial charge is 0.395 e. The van der Waals surface area contributed by atoms with Crippen LogP contribution in [0.3, 0.4) is 0 Å².